The maximum atomic E-state index is 13.0. The smallest absolute Gasteiger partial charge is 0.123 e. The maximum absolute atomic E-state index is 13.0. The average molecular weight is 237 g/mol. The van der Waals surface area contributed by atoms with E-state index in [1.807, 2.05) is 6.07 Å². The molecule has 17 heavy (non-hydrogen) atoms. The number of hydrogen-bond acceptors (Lipinski definition) is 2. The normalized spacial score (nSPS) is 21.6. The Morgan fingerprint density at radius 3 is 3.06 bits per heavy atom. The predicted molar refractivity (Wildman–Crippen MR) is 66.2 cm³/mol. The van der Waals surface area contributed by atoms with Crippen LogP contribution in [0, 0.1) is 5.82 Å². The molecule has 2 N–H and O–H groups in total. The van der Waals surface area contributed by atoms with E-state index in [-0.39, 0.29) is 11.9 Å². The van der Waals surface area contributed by atoms with Gasteiger partial charge in [-0.15, -0.1) is 0 Å². The number of ether oxygens (including phenoxy) is 1. The van der Waals surface area contributed by atoms with Gasteiger partial charge in [-0.1, -0.05) is 12.1 Å². The van der Waals surface area contributed by atoms with Gasteiger partial charge in [-0.25, -0.2) is 4.39 Å². The first-order valence-electron chi connectivity index (χ1n) is 6.38. The molecule has 0 bridgehead atoms. The molecule has 0 saturated carbocycles. The molecule has 1 aliphatic rings. The number of halogens is 1. The molecule has 0 aliphatic carbocycles. The summed E-state index contributed by atoms with van der Waals surface area (Å²) in [6, 6.07) is 6.51. The first-order chi connectivity index (χ1) is 8.25. The molecule has 3 heteroatoms. The zero-order valence-corrected chi connectivity index (χ0v) is 10.1. The molecule has 1 heterocycles. The Balaban J connectivity index is 1.74. The lowest BCUT2D eigenvalue weighted by molar-refractivity contribution is 0.101. The summed E-state index contributed by atoms with van der Waals surface area (Å²) in [7, 11) is 0. The SMILES string of the molecule is NC(CCCC1CCCO1)c1cccc(F)c1. The third kappa shape index (κ3) is 3.79. The lowest BCUT2D eigenvalue weighted by Gasteiger charge is -2.14. The van der Waals surface area contributed by atoms with Gasteiger partial charge in [0.1, 0.15) is 5.82 Å². The highest BCUT2D eigenvalue weighted by molar-refractivity contribution is 5.19. The van der Waals surface area contributed by atoms with Crippen LogP contribution in [0.2, 0.25) is 0 Å². The third-order valence-electron chi connectivity index (χ3n) is 3.34. The monoisotopic (exact) mass is 237 g/mol. The van der Waals surface area contributed by atoms with E-state index in [9.17, 15) is 4.39 Å². The lowest BCUT2D eigenvalue weighted by atomic mass is 10.00. The van der Waals surface area contributed by atoms with Crippen molar-refractivity contribution in [2.45, 2.75) is 44.2 Å². The highest BCUT2D eigenvalue weighted by Gasteiger charge is 2.15. The van der Waals surface area contributed by atoms with Crippen molar-refractivity contribution in [1.82, 2.24) is 0 Å². The van der Waals surface area contributed by atoms with Gasteiger partial charge in [-0.2, -0.15) is 0 Å². The van der Waals surface area contributed by atoms with E-state index in [2.05, 4.69) is 0 Å². The van der Waals surface area contributed by atoms with Crippen LogP contribution in [-0.4, -0.2) is 12.7 Å². The quantitative estimate of drug-likeness (QED) is 0.853. The molecule has 0 amide bonds. The van der Waals surface area contributed by atoms with Crippen molar-refractivity contribution in [3.05, 3.63) is 35.6 Å². The van der Waals surface area contributed by atoms with E-state index in [1.54, 1.807) is 6.07 Å². The van der Waals surface area contributed by atoms with Crippen LogP contribution in [0.1, 0.15) is 43.7 Å². The minimum absolute atomic E-state index is 0.0629. The van der Waals surface area contributed by atoms with Crippen molar-refractivity contribution in [2.75, 3.05) is 6.61 Å². The van der Waals surface area contributed by atoms with E-state index in [1.165, 1.54) is 25.0 Å². The summed E-state index contributed by atoms with van der Waals surface area (Å²) in [6.45, 7) is 0.903. The molecule has 2 unspecified atom stereocenters. The highest BCUT2D eigenvalue weighted by Crippen LogP contribution is 2.22. The van der Waals surface area contributed by atoms with Crippen molar-refractivity contribution in [1.29, 1.82) is 0 Å². The molecule has 94 valence electrons. The summed E-state index contributed by atoms with van der Waals surface area (Å²) < 4.78 is 18.6. The summed E-state index contributed by atoms with van der Waals surface area (Å²) in [6.07, 6.45) is 5.79. The third-order valence-corrected chi connectivity index (χ3v) is 3.34. The van der Waals surface area contributed by atoms with Gasteiger partial charge in [0.05, 0.1) is 6.10 Å². The zero-order valence-electron chi connectivity index (χ0n) is 10.1. The van der Waals surface area contributed by atoms with Crippen molar-refractivity contribution >= 4 is 0 Å². The molecule has 1 aliphatic heterocycles. The van der Waals surface area contributed by atoms with Gasteiger partial charge in [0, 0.05) is 12.6 Å². The summed E-state index contributed by atoms with van der Waals surface area (Å²) in [5.74, 6) is -0.211. The van der Waals surface area contributed by atoms with Gasteiger partial charge in [-0.3, -0.25) is 0 Å². The van der Waals surface area contributed by atoms with Gasteiger partial charge in [-0.05, 0) is 49.8 Å². The van der Waals surface area contributed by atoms with Gasteiger partial charge < -0.3 is 10.5 Å². The highest BCUT2D eigenvalue weighted by atomic mass is 19.1. The van der Waals surface area contributed by atoms with Crippen LogP contribution in [0.15, 0.2) is 24.3 Å². The van der Waals surface area contributed by atoms with Crippen LogP contribution < -0.4 is 5.73 Å². The van der Waals surface area contributed by atoms with Crippen molar-refractivity contribution in [3.63, 3.8) is 0 Å². The molecule has 1 aromatic rings. The molecule has 2 nitrogen and oxygen atoms in total. The topological polar surface area (TPSA) is 35.2 Å². The summed E-state index contributed by atoms with van der Waals surface area (Å²) in [5, 5.41) is 0. The predicted octanol–water partition coefficient (Wildman–Crippen LogP) is 3.17. The van der Waals surface area contributed by atoms with E-state index < -0.39 is 0 Å². The van der Waals surface area contributed by atoms with Gasteiger partial charge in [0.15, 0.2) is 0 Å². The first kappa shape index (κ1) is 12.5. The molecule has 1 aromatic carbocycles. The largest absolute Gasteiger partial charge is 0.378 e. The Morgan fingerprint density at radius 1 is 1.47 bits per heavy atom. The van der Waals surface area contributed by atoms with Crippen LogP contribution in [0.3, 0.4) is 0 Å². The van der Waals surface area contributed by atoms with Crippen LogP contribution in [0.4, 0.5) is 4.39 Å². The average Bonchev–Trinajstić information content (AvgIpc) is 2.82. The Bertz CT molecular complexity index is 350. The number of hydrogen-bond donors (Lipinski definition) is 1. The van der Waals surface area contributed by atoms with Crippen LogP contribution in [0.25, 0.3) is 0 Å². The number of benzene rings is 1. The standard InChI is InChI=1S/C14H20FNO/c15-12-5-1-4-11(10-12)14(16)8-2-6-13-7-3-9-17-13/h1,4-5,10,13-14H,2-3,6-9,16H2. The molecular weight excluding hydrogens is 217 g/mol. The lowest BCUT2D eigenvalue weighted by Crippen LogP contribution is -2.12. The molecular formula is C14H20FNO. The van der Waals surface area contributed by atoms with Crippen LogP contribution in [0.5, 0.6) is 0 Å². The molecule has 1 saturated heterocycles. The summed E-state index contributed by atoms with van der Waals surface area (Å²) in [5.41, 5.74) is 6.93. The molecule has 0 spiro atoms. The molecule has 2 atom stereocenters. The number of rotatable bonds is 5. The fourth-order valence-electron chi connectivity index (χ4n) is 2.34. The molecule has 2 rings (SSSR count). The summed E-state index contributed by atoms with van der Waals surface area (Å²) in [4.78, 5) is 0. The minimum atomic E-state index is -0.211. The van der Waals surface area contributed by atoms with Gasteiger partial charge >= 0.3 is 0 Å². The Hall–Kier alpha value is -0.930. The molecule has 1 fully saturated rings. The maximum Gasteiger partial charge on any atom is 0.123 e. The zero-order chi connectivity index (χ0) is 12.1. The van der Waals surface area contributed by atoms with Gasteiger partial charge in [0.2, 0.25) is 0 Å². The minimum Gasteiger partial charge on any atom is -0.378 e. The van der Waals surface area contributed by atoms with Crippen molar-refractivity contribution < 1.29 is 9.13 Å². The first-order valence-corrected chi connectivity index (χ1v) is 6.38. The second-order valence-electron chi connectivity index (χ2n) is 4.73. The van der Waals surface area contributed by atoms with E-state index >= 15 is 0 Å². The molecule has 0 radical (unpaired) electrons. The van der Waals surface area contributed by atoms with Crippen molar-refractivity contribution in [3.8, 4) is 0 Å². The fraction of sp³-hybridized carbons (Fsp3) is 0.571. The van der Waals surface area contributed by atoms with E-state index in [0.717, 1.165) is 31.4 Å². The Labute approximate surface area is 102 Å². The summed E-state index contributed by atoms with van der Waals surface area (Å²) >= 11 is 0. The van der Waals surface area contributed by atoms with E-state index in [4.69, 9.17) is 10.5 Å². The fourth-order valence-corrected chi connectivity index (χ4v) is 2.34. The second-order valence-corrected chi connectivity index (χ2v) is 4.73. The van der Waals surface area contributed by atoms with Crippen LogP contribution >= 0.6 is 0 Å². The van der Waals surface area contributed by atoms with Gasteiger partial charge in [0.25, 0.3) is 0 Å². The molecule has 0 aromatic heterocycles. The Morgan fingerprint density at radius 2 is 2.35 bits per heavy atom. The number of nitrogens with two attached hydrogens (primary N) is 1. The van der Waals surface area contributed by atoms with Crippen LogP contribution in [-0.2, 0) is 4.74 Å². The Kier molecular flexibility index (Phi) is 4.51. The van der Waals surface area contributed by atoms with Crippen molar-refractivity contribution in [2.24, 2.45) is 5.73 Å². The van der Waals surface area contributed by atoms with E-state index in [0.29, 0.717) is 6.10 Å². The second kappa shape index (κ2) is 6.12.